The average molecular weight is 485 g/mol. The van der Waals surface area contributed by atoms with Crippen LogP contribution in [0.3, 0.4) is 0 Å². The van der Waals surface area contributed by atoms with E-state index in [1.807, 2.05) is 18.9 Å². The number of thioether (sulfide) groups is 1. The van der Waals surface area contributed by atoms with E-state index in [0.29, 0.717) is 6.04 Å². The predicted octanol–water partition coefficient (Wildman–Crippen LogP) is 3.28. The summed E-state index contributed by atoms with van der Waals surface area (Å²) in [7, 11) is 1.81. The highest BCUT2D eigenvalue weighted by molar-refractivity contribution is 14.0. The van der Waals surface area contributed by atoms with E-state index in [-0.39, 0.29) is 39.7 Å². The van der Waals surface area contributed by atoms with Gasteiger partial charge < -0.3 is 20.1 Å². The van der Waals surface area contributed by atoms with Gasteiger partial charge in [-0.2, -0.15) is 11.8 Å². The first-order chi connectivity index (χ1) is 11.3. The molecular weight excluding hydrogens is 449 g/mol. The molecule has 5 nitrogen and oxygen atoms in total. The van der Waals surface area contributed by atoms with Gasteiger partial charge in [0.2, 0.25) is 0 Å². The van der Waals surface area contributed by atoms with Crippen LogP contribution in [0.15, 0.2) is 4.99 Å². The lowest BCUT2D eigenvalue weighted by molar-refractivity contribution is -0.176. The summed E-state index contributed by atoms with van der Waals surface area (Å²) in [6, 6.07) is 0.375. The number of methoxy groups -OCH3 is 1. The van der Waals surface area contributed by atoms with Crippen molar-refractivity contribution in [2.24, 2.45) is 10.4 Å². The summed E-state index contributed by atoms with van der Waals surface area (Å²) in [5, 5.41) is 7.04. The summed E-state index contributed by atoms with van der Waals surface area (Å²) in [5.74, 6) is 0.925. The van der Waals surface area contributed by atoms with Crippen LogP contribution in [-0.2, 0) is 9.47 Å². The van der Waals surface area contributed by atoms with Gasteiger partial charge in [-0.15, -0.1) is 24.0 Å². The molecule has 148 valence electrons. The SMILES string of the molecule is CCNC(=NCC1(SC)CCOCC1)NC1CC(C)(OC)C1(C)C.I. The minimum atomic E-state index is -0.0663. The number of hydrogen-bond acceptors (Lipinski definition) is 4. The van der Waals surface area contributed by atoms with Crippen molar-refractivity contribution in [1.29, 1.82) is 0 Å². The van der Waals surface area contributed by atoms with Gasteiger partial charge in [-0.25, -0.2) is 0 Å². The molecule has 0 aromatic carbocycles. The predicted molar refractivity (Wildman–Crippen MR) is 118 cm³/mol. The number of nitrogens with one attached hydrogen (secondary N) is 2. The monoisotopic (exact) mass is 485 g/mol. The zero-order valence-electron chi connectivity index (χ0n) is 16.6. The Balaban J connectivity index is 0.00000312. The first kappa shape index (κ1) is 23.3. The Morgan fingerprint density at radius 1 is 1.28 bits per heavy atom. The molecule has 2 N–H and O–H groups in total. The fourth-order valence-corrected chi connectivity index (χ4v) is 4.37. The van der Waals surface area contributed by atoms with Gasteiger partial charge in [0.05, 0.1) is 12.1 Å². The van der Waals surface area contributed by atoms with Gasteiger partial charge in [-0.05, 0) is 39.4 Å². The molecule has 0 radical (unpaired) electrons. The van der Waals surface area contributed by atoms with Crippen LogP contribution < -0.4 is 10.6 Å². The molecule has 1 saturated carbocycles. The van der Waals surface area contributed by atoms with E-state index < -0.39 is 0 Å². The molecule has 1 aliphatic carbocycles. The maximum absolute atomic E-state index is 5.73. The summed E-state index contributed by atoms with van der Waals surface area (Å²) < 4.78 is 11.5. The smallest absolute Gasteiger partial charge is 0.191 e. The van der Waals surface area contributed by atoms with Crippen LogP contribution in [0.2, 0.25) is 0 Å². The standard InChI is InChI=1S/C18H35N3O2S.HI/c1-7-19-15(20-13-18(24-6)8-10-23-11-9-18)21-14-12-17(4,22-5)16(14,2)3;/h14H,7-13H2,1-6H3,(H2,19,20,21);1H. The molecule has 2 fully saturated rings. The van der Waals surface area contributed by atoms with Crippen molar-refractivity contribution < 1.29 is 9.47 Å². The van der Waals surface area contributed by atoms with E-state index in [0.717, 1.165) is 51.5 Å². The molecule has 0 spiro atoms. The third kappa shape index (κ3) is 4.96. The number of ether oxygens (including phenoxy) is 2. The Kier molecular flexibility index (Phi) is 8.82. The molecular formula is C18H36IN3O2S. The molecule has 7 heteroatoms. The molecule has 25 heavy (non-hydrogen) atoms. The summed E-state index contributed by atoms with van der Waals surface area (Å²) in [4.78, 5) is 4.92. The first-order valence-corrected chi connectivity index (χ1v) is 10.3. The fourth-order valence-electron chi connectivity index (χ4n) is 3.60. The molecule has 2 unspecified atom stereocenters. The summed E-state index contributed by atoms with van der Waals surface area (Å²) in [5.41, 5.74) is 0.0109. The molecule has 1 saturated heterocycles. The van der Waals surface area contributed by atoms with Gasteiger partial charge in [0.15, 0.2) is 5.96 Å². The number of nitrogens with zero attached hydrogens (tertiary/aromatic N) is 1. The van der Waals surface area contributed by atoms with Gasteiger partial charge >= 0.3 is 0 Å². The molecule has 0 amide bonds. The quantitative estimate of drug-likeness (QED) is 0.344. The van der Waals surface area contributed by atoms with E-state index in [4.69, 9.17) is 14.5 Å². The van der Waals surface area contributed by atoms with Crippen LogP contribution >= 0.6 is 35.7 Å². The number of halogens is 1. The Labute approximate surface area is 174 Å². The lowest BCUT2D eigenvalue weighted by Gasteiger charge is -2.59. The van der Waals surface area contributed by atoms with Crippen molar-refractivity contribution in [3.05, 3.63) is 0 Å². The van der Waals surface area contributed by atoms with Crippen LogP contribution in [0.5, 0.6) is 0 Å². The highest BCUT2D eigenvalue weighted by Gasteiger charge is 2.58. The summed E-state index contributed by atoms with van der Waals surface area (Å²) in [6.45, 7) is 12.2. The summed E-state index contributed by atoms with van der Waals surface area (Å²) in [6.07, 6.45) is 5.35. The highest BCUT2D eigenvalue weighted by atomic mass is 127. The molecule has 2 atom stereocenters. The van der Waals surface area contributed by atoms with Crippen molar-refractivity contribution >= 4 is 41.7 Å². The lowest BCUT2D eigenvalue weighted by atomic mass is 9.56. The lowest BCUT2D eigenvalue weighted by Crippen LogP contribution is -2.69. The fraction of sp³-hybridized carbons (Fsp3) is 0.944. The maximum Gasteiger partial charge on any atom is 0.191 e. The Hall–Kier alpha value is 0.270. The second-order valence-electron chi connectivity index (χ2n) is 7.75. The van der Waals surface area contributed by atoms with E-state index >= 15 is 0 Å². The molecule has 2 rings (SSSR count). The maximum atomic E-state index is 5.73. The van der Waals surface area contributed by atoms with E-state index in [1.165, 1.54) is 0 Å². The zero-order valence-corrected chi connectivity index (χ0v) is 19.8. The Bertz CT molecular complexity index is 456. The number of rotatable bonds is 6. The van der Waals surface area contributed by atoms with Gasteiger partial charge in [-0.3, -0.25) is 4.99 Å². The van der Waals surface area contributed by atoms with Crippen LogP contribution in [0.25, 0.3) is 0 Å². The minimum absolute atomic E-state index is 0. The van der Waals surface area contributed by atoms with Crippen molar-refractivity contribution in [2.75, 3.05) is 39.7 Å². The van der Waals surface area contributed by atoms with Crippen LogP contribution in [-0.4, -0.2) is 62.0 Å². The highest BCUT2D eigenvalue weighted by Crippen LogP contribution is 2.51. The van der Waals surface area contributed by atoms with Gasteiger partial charge in [0.1, 0.15) is 0 Å². The van der Waals surface area contributed by atoms with E-state index in [1.54, 1.807) is 0 Å². The Morgan fingerprint density at radius 3 is 2.40 bits per heavy atom. The third-order valence-electron chi connectivity index (χ3n) is 6.30. The molecule has 2 aliphatic rings. The van der Waals surface area contributed by atoms with Gasteiger partial charge in [0.25, 0.3) is 0 Å². The van der Waals surface area contributed by atoms with Crippen molar-refractivity contribution in [2.45, 2.75) is 63.3 Å². The van der Waals surface area contributed by atoms with Crippen molar-refractivity contribution in [3.8, 4) is 0 Å². The molecule has 0 bridgehead atoms. The van der Waals surface area contributed by atoms with Crippen molar-refractivity contribution in [3.63, 3.8) is 0 Å². The first-order valence-electron chi connectivity index (χ1n) is 9.05. The number of hydrogen-bond donors (Lipinski definition) is 2. The van der Waals surface area contributed by atoms with Crippen LogP contribution in [0.1, 0.15) is 47.0 Å². The normalized spacial score (nSPS) is 30.8. The number of aliphatic imine (C=N–C) groups is 1. The van der Waals surface area contributed by atoms with Crippen molar-refractivity contribution in [1.82, 2.24) is 10.6 Å². The third-order valence-corrected chi connectivity index (χ3v) is 7.70. The zero-order chi connectivity index (χ0) is 17.8. The number of guanidine groups is 1. The summed E-state index contributed by atoms with van der Waals surface area (Å²) >= 11 is 1.93. The van der Waals surface area contributed by atoms with E-state index in [9.17, 15) is 0 Å². The second-order valence-corrected chi connectivity index (χ2v) is 9.03. The largest absolute Gasteiger partial charge is 0.381 e. The van der Waals surface area contributed by atoms with Crippen LogP contribution in [0, 0.1) is 5.41 Å². The topological polar surface area (TPSA) is 54.9 Å². The molecule has 1 aliphatic heterocycles. The van der Waals surface area contributed by atoms with Crippen LogP contribution in [0.4, 0.5) is 0 Å². The molecule has 1 heterocycles. The molecule has 0 aromatic rings. The average Bonchev–Trinajstić information content (AvgIpc) is 2.59. The van der Waals surface area contributed by atoms with E-state index in [2.05, 4.69) is 44.6 Å². The molecule has 0 aromatic heterocycles. The van der Waals surface area contributed by atoms with Gasteiger partial charge in [0, 0.05) is 43.1 Å². The second kappa shape index (κ2) is 9.46. The minimum Gasteiger partial charge on any atom is -0.381 e. The Morgan fingerprint density at radius 2 is 1.92 bits per heavy atom. The van der Waals surface area contributed by atoms with Gasteiger partial charge in [-0.1, -0.05) is 13.8 Å².